The van der Waals surface area contributed by atoms with E-state index in [-0.39, 0.29) is 6.04 Å². The van der Waals surface area contributed by atoms with Gasteiger partial charge in [-0.05, 0) is 37.0 Å². The largest absolute Gasteiger partial charge is 0.327 e. The summed E-state index contributed by atoms with van der Waals surface area (Å²) < 4.78 is 0. The van der Waals surface area contributed by atoms with Crippen molar-refractivity contribution in [3.8, 4) is 0 Å². The second kappa shape index (κ2) is 7.78. The summed E-state index contributed by atoms with van der Waals surface area (Å²) in [5.41, 5.74) is 7.21. The summed E-state index contributed by atoms with van der Waals surface area (Å²) in [5, 5.41) is 2.26. The minimum Gasteiger partial charge on any atom is -0.327 e. The first-order chi connectivity index (χ1) is 9.16. The Labute approximate surface area is 130 Å². The summed E-state index contributed by atoms with van der Waals surface area (Å²) in [5.74, 6) is 0.992. The van der Waals surface area contributed by atoms with Gasteiger partial charge in [-0.3, -0.25) is 0 Å². The Morgan fingerprint density at radius 2 is 1.79 bits per heavy atom. The first-order valence-corrected chi connectivity index (χ1v) is 8.77. The van der Waals surface area contributed by atoms with E-state index in [0.717, 1.165) is 33.0 Å². The second-order valence-corrected chi connectivity index (χ2v) is 7.41. The Balaban J connectivity index is 1.82. The maximum absolute atomic E-state index is 6.22. The van der Waals surface area contributed by atoms with E-state index in [9.17, 15) is 0 Å². The maximum Gasteiger partial charge on any atom is 0.0453 e. The van der Waals surface area contributed by atoms with Gasteiger partial charge in [-0.1, -0.05) is 48.5 Å². The quantitative estimate of drug-likeness (QED) is 0.833. The van der Waals surface area contributed by atoms with Gasteiger partial charge in [-0.25, -0.2) is 0 Å². The average molecular weight is 318 g/mol. The van der Waals surface area contributed by atoms with Gasteiger partial charge in [0, 0.05) is 27.1 Å². The van der Waals surface area contributed by atoms with Crippen molar-refractivity contribution in [1.29, 1.82) is 0 Å². The van der Waals surface area contributed by atoms with Crippen LogP contribution in [0.25, 0.3) is 0 Å². The Kier molecular flexibility index (Phi) is 6.34. The summed E-state index contributed by atoms with van der Waals surface area (Å²) in [7, 11) is 0. The van der Waals surface area contributed by atoms with E-state index >= 15 is 0 Å². The molecule has 0 heterocycles. The van der Waals surface area contributed by atoms with Crippen molar-refractivity contribution in [2.24, 2.45) is 5.73 Å². The molecular weight excluding hydrogens is 297 g/mol. The third-order valence-corrected chi connectivity index (χ3v) is 5.90. The van der Waals surface area contributed by atoms with Crippen LogP contribution in [-0.4, -0.2) is 17.0 Å². The molecule has 1 nitrogen and oxygen atoms in total. The Morgan fingerprint density at radius 1 is 1.16 bits per heavy atom. The molecule has 0 aromatic heterocycles. The van der Waals surface area contributed by atoms with Gasteiger partial charge in [-0.15, -0.1) is 0 Å². The Hall–Kier alpha value is 0.110. The molecule has 1 aliphatic carbocycles. The van der Waals surface area contributed by atoms with E-state index in [1.165, 1.54) is 32.1 Å². The first kappa shape index (κ1) is 15.5. The van der Waals surface area contributed by atoms with Crippen LogP contribution in [0, 0.1) is 0 Å². The normalized spacial score (nSPS) is 18.5. The van der Waals surface area contributed by atoms with Crippen molar-refractivity contribution in [2.75, 3.05) is 5.75 Å². The summed E-state index contributed by atoms with van der Waals surface area (Å²) in [6, 6.07) is 5.76. The fraction of sp³-hybridized carbons (Fsp3) is 0.600. The summed E-state index contributed by atoms with van der Waals surface area (Å²) >= 11 is 14.4. The maximum atomic E-state index is 6.22. The molecule has 0 saturated heterocycles. The number of nitrogens with two attached hydrogens (primary N) is 1. The van der Waals surface area contributed by atoms with Crippen LogP contribution in [0.5, 0.6) is 0 Å². The van der Waals surface area contributed by atoms with Crippen LogP contribution in [0.4, 0.5) is 0 Å². The number of hydrogen-bond donors (Lipinski definition) is 1. The van der Waals surface area contributed by atoms with Crippen LogP contribution in [0.3, 0.4) is 0 Å². The standard InChI is InChI=1S/C15H21Cl2NS/c16-14-7-4-8-15(17)13(14)9-11(18)10-19-12-5-2-1-3-6-12/h4,7-8,11-12H,1-3,5-6,9-10,18H2. The SMILES string of the molecule is NC(CSC1CCCCC1)Cc1c(Cl)cccc1Cl. The van der Waals surface area contributed by atoms with E-state index in [2.05, 4.69) is 0 Å². The molecule has 1 aromatic rings. The van der Waals surface area contributed by atoms with Crippen molar-refractivity contribution in [2.45, 2.75) is 49.8 Å². The highest BCUT2D eigenvalue weighted by Crippen LogP contribution is 2.30. The highest BCUT2D eigenvalue weighted by molar-refractivity contribution is 7.99. The summed E-state index contributed by atoms with van der Waals surface area (Å²) in [4.78, 5) is 0. The molecule has 0 radical (unpaired) electrons. The van der Waals surface area contributed by atoms with E-state index in [1.54, 1.807) is 0 Å². The average Bonchev–Trinajstić information content (AvgIpc) is 2.42. The van der Waals surface area contributed by atoms with Crippen molar-refractivity contribution < 1.29 is 0 Å². The second-order valence-electron chi connectivity index (χ2n) is 5.26. The van der Waals surface area contributed by atoms with Crippen LogP contribution < -0.4 is 5.73 Å². The summed E-state index contributed by atoms with van der Waals surface area (Å²) in [6.07, 6.45) is 7.62. The van der Waals surface area contributed by atoms with Crippen LogP contribution in [-0.2, 0) is 6.42 Å². The number of thioether (sulfide) groups is 1. The van der Waals surface area contributed by atoms with Gasteiger partial charge in [-0.2, -0.15) is 11.8 Å². The third kappa shape index (κ3) is 4.86. The van der Waals surface area contributed by atoms with Crippen LogP contribution in [0.15, 0.2) is 18.2 Å². The molecule has 106 valence electrons. The van der Waals surface area contributed by atoms with Gasteiger partial charge < -0.3 is 5.73 Å². The molecule has 4 heteroatoms. The monoisotopic (exact) mass is 317 g/mol. The fourth-order valence-corrected chi connectivity index (χ4v) is 4.40. The molecule has 19 heavy (non-hydrogen) atoms. The number of rotatable bonds is 5. The molecular formula is C15H21Cl2NS. The van der Waals surface area contributed by atoms with Crippen LogP contribution in [0.2, 0.25) is 10.0 Å². The number of hydrogen-bond acceptors (Lipinski definition) is 2. The molecule has 1 unspecified atom stereocenters. The van der Waals surface area contributed by atoms with Gasteiger partial charge in [0.2, 0.25) is 0 Å². The molecule has 1 saturated carbocycles. The van der Waals surface area contributed by atoms with E-state index in [1.807, 2.05) is 30.0 Å². The predicted molar refractivity (Wildman–Crippen MR) is 87.5 cm³/mol. The minimum atomic E-state index is 0.129. The van der Waals surface area contributed by atoms with E-state index < -0.39 is 0 Å². The first-order valence-electron chi connectivity index (χ1n) is 6.97. The lowest BCUT2D eigenvalue weighted by Crippen LogP contribution is -2.27. The molecule has 1 atom stereocenters. The zero-order valence-electron chi connectivity index (χ0n) is 11.1. The van der Waals surface area contributed by atoms with Gasteiger partial charge in [0.05, 0.1) is 0 Å². The van der Waals surface area contributed by atoms with E-state index in [4.69, 9.17) is 28.9 Å². The molecule has 0 bridgehead atoms. The van der Waals surface area contributed by atoms with E-state index in [0.29, 0.717) is 0 Å². The summed E-state index contributed by atoms with van der Waals surface area (Å²) in [6.45, 7) is 0. The Bertz CT molecular complexity index is 385. The molecule has 2 N–H and O–H groups in total. The molecule has 0 spiro atoms. The molecule has 0 amide bonds. The minimum absolute atomic E-state index is 0.129. The van der Waals surface area contributed by atoms with Crippen molar-refractivity contribution in [3.05, 3.63) is 33.8 Å². The Morgan fingerprint density at radius 3 is 2.42 bits per heavy atom. The lowest BCUT2D eigenvalue weighted by Gasteiger charge is -2.22. The fourth-order valence-electron chi connectivity index (χ4n) is 2.54. The lowest BCUT2D eigenvalue weighted by molar-refractivity contribution is 0.515. The molecule has 1 aliphatic rings. The predicted octanol–water partition coefficient (Wildman–Crippen LogP) is 4.93. The molecule has 0 aliphatic heterocycles. The van der Waals surface area contributed by atoms with Crippen molar-refractivity contribution in [1.82, 2.24) is 0 Å². The van der Waals surface area contributed by atoms with Gasteiger partial charge in [0.1, 0.15) is 0 Å². The molecule has 1 fully saturated rings. The number of halogens is 2. The smallest absolute Gasteiger partial charge is 0.0453 e. The topological polar surface area (TPSA) is 26.0 Å². The third-order valence-electron chi connectivity index (χ3n) is 3.63. The van der Waals surface area contributed by atoms with Crippen molar-refractivity contribution >= 4 is 35.0 Å². The van der Waals surface area contributed by atoms with Gasteiger partial charge >= 0.3 is 0 Å². The number of benzene rings is 1. The highest BCUT2D eigenvalue weighted by atomic mass is 35.5. The van der Waals surface area contributed by atoms with Crippen LogP contribution >= 0.6 is 35.0 Å². The molecule has 1 aromatic carbocycles. The zero-order valence-corrected chi connectivity index (χ0v) is 13.4. The zero-order chi connectivity index (χ0) is 13.7. The lowest BCUT2D eigenvalue weighted by atomic mass is 10.0. The molecule has 2 rings (SSSR count). The van der Waals surface area contributed by atoms with Gasteiger partial charge in [0.25, 0.3) is 0 Å². The van der Waals surface area contributed by atoms with Gasteiger partial charge in [0.15, 0.2) is 0 Å². The highest BCUT2D eigenvalue weighted by Gasteiger charge is 2.16. The van der Waals surface area contributed by atoms with Crippen LogP contribution in [0.1, 0.15) is 37.7 Å². The van der Waals surface area contributed by atoms with Crippen molar-refractivity contribution in [3.63, 3.8) is 0 Å².